The van der Waals surface area contributed by atoms with Crippen LogP contribution in [0.2, 0.25) is 0 Å². The van der Waals surface area contributed by atoms with Crippen LogP contribution in [0, 0.1) is 11.0 Å². The van der Waals surface area contributed by atoms with E-state index in [4.69, 9.17) is 4.74 Å². The van der Waals surface area contributed by atoms with Gasteiger partial charge in [-0.05, 0) is 66.7 Å². The summed E-state index contributed by atoms with van der Waals surface area (Å²) in [6, 6.07) is 20.8. The summed E-state index contributed by atoms with van der Waals surface area (Å²) >= 11 is 0. The van der Waals surface area contributed by atoms with Crippen molar-refractivity contribution in [3.63, 3.8) is 0 Å². The highest BCUT2D eigenvalue weighted by Gasteiger charge is 2.20. The Balaban J connectivity index is 1.18. The number of pyridine rings is 3. The molecule has 1 fully saturated rings. The van der Waals surface area contributed by atoms with Crippen LogP contribution < -0.4 is 25.0 Å². The first-order chi connectivity index (χ1) is 19.5. The number of ether oxygens (including phenoxy) is 1. The Morgan fingerprint density at radius 3 is 2.55 bits per heavy atom. The number of fused-ring (bicyclic) bond motifs is 1. The summed E-state index contributed by atoms with van der Waals surface area (Å²) < 4.78 is 20.0. The average molecular weight is 537 g/mol. The second kappa shape index (κ2) is 11.0. The van der Waals surface area contributed by atoms with Gasteiger partial charge < -0.3 is 25.5 Å². The molecule has 5 aromatic rings. The topological polar surface area (TPSA) is 106 Å². The summed E-state index contributed by atoms with van der Waals surface area (Å²) in [7, 11) is 0. The molecule has 1 amide bonds. The summed E-state index contributed by atoms with van der Waals surface area (Å²) in [5, 5.41) is 19.8. The molecule has 0 saturated carbocycles. The van der Waals surface area contributed by atoms with Gasteiger partial charge in [0.1, 0.15) is 23.1 Å². The van der Waals surface area contributed by atoms with E-state index >= 15 is 0 Å². The fraction of sp³-hybridized carbons (Fsp3) is 0.133. The molecule has 0 atom stereocenters. The summed E-state index contributed by atoms with van der Waals surface area (Å²) in [5.41, 5.74) is 1.89. The molecule has 9 nitrogen and oxygen atoms in total. The number of aromatic nitrogens is 3. The Hall–Kier alpha value is -5.09. The summed E-state index contributed by atoms with van der Waals surface area (Å²) in [6.07, 6.45) is 3.43. The number of hydrogen-bond acceptors (Lipinski definition) is 7. The predicted molar refractivity (Wildman–Crippen MR) is 150 cm³/mol. The molecular formula is C30H25FN6O3. The van der Waals surface area contributed by atoms with Crippen molar-refractivity contribution in [2.24, 2.45) is 0 Å². The molecule has 200 valence electrons. The molecule has 0 spiro atoms. The molecule has 0 unspecified atom stereocenters. The number of benzene rings is 2. The molecule has 1 aliphatic heterocycles. The van der Waals surface area contributed by atoms with Crippen LogP contribution in [0.15, 0.2) is 91.3 Å². The van der Waals surface area contributed by atoms with E-state index in [1.54, 1.807) is 54.9 Å². The maximum atomic E-state index is 13.3. The Bertz CT molecular complexity index is 1670. The molecule has 1 aliphatic rings. The summed E-state index contributed by atoms with van der Waals surface area (Å²) in [6.45, 7) is 3.58. The van der Waals surface area contributed by atoms with Crippen molar-refractivity contribution in [1.82, 2.24) is 15.3 Å². The van der Waals surface area contributed by atoms with Crippen LogP contribution in [0.4, 0.5) is 15.9 Å². The van der Waals surface area contributed by atoms with E-state index in [0.717, 1.165) is 42.9 Å². The number of amides is 1. The fourth-order valence-corrected chi connectivity index (χ4v) is 4.59. The zero-order valence-corrected chi connectivity index (χ0v) is 21.4. The number of anilines is 2. The Morgan fingerprint density at radius 2 is 1.77 bits per heavy atom. The Labute approximate surface area is 229 Å². The van der Waals surface area contributed by atoms with Crippen molar-refractivity contribution in [1.29, 1.82) is 0 Å². The van der Waals surface area contributed by atoms with Crippen molar-refractivity contribution in [3.05, 3.63) is 108 Å². The Kier molecular flexibility index (Phi) is 6.90. The van der Waals surface area contributed by atoms with Gasteiger partial charge in [0.25, 0.3) is 5.69 Å². The number of rotatable bonds is 6. The Morgan fingerprint density at radius 1 is 1.00 bits per heavy atom. The normalized spacial score (nSPS) is 13.3. The zero-order chi connectivity index (χ0) is 27.5. The number of nitrogens with zero attached hydrogens (tertiary/aromatic N) is 4. The number of halogens is 1. The van der Waals surface area contributed by atoms with E-state index in [-0.39, 0.29) is 11.4 Å². The van der Waals surface area contributed by atoms with Crippen LogP contribution >= 0.6 is 0 Å². The van der Waals surface area contributed by atoms with E-state index in [1.807, 2.05) is 6.07 Å². The maximum Gasteiger partial charge on any atom is 0.321 e. The first kappa shape index (κ1) is 25.2. The molecule has 2 N–H and O–H groups in total. The third-order valence-corrected chi connectivity index (χ3v) is 6.67. The zero-order valence-electron chi connectivity index (χ0n) is 21.4. The van der Waals surface area contributed by atoms with Crippen molar-refractivity contribution in [2.45, 2.75) is 0 Å². The second-order valence-corrected chi connectivity index (χ2v) is 9.28. The van der Waals surface area contributed by atoms with E-state index in [1.165, 1.54) is 30.3 Å². The molecule has 0 bridgehead atoms. The van der Waals surface area contributed by atoms with Crippen LogP contribution in [0.1, 0.15) is 10.5 Å². The quantitative estimate of drug-likeness (QED) is 0.243. The van der Waals surface area contributed by atoms with E-state index in [0.29, 0.717) is 27.5 Å². The van der Waals surface area contributed by atoms with Gasteiger partial charge in [-0.3, -0.25) is 9.78 Å². The standard InChI is InChI=1S/C30H25FN6O3/c31-21-6-4-20(5-7-21)26-2-1-3-27(37(26)39)30(38)35-22-8-10-23(11-9-22)40-28-12-13-33-25-19-34-29(18-24(25)28)36-16-14-32-15-17-36/h1-13,18-19,32H,14-17H2,(H,35,38). The van der Waals surface area contributed by atoms with Crippen LogP contribution in [0.5, 0.6) is 11.5 Å². The van der Waals surface area contributed by atoms with Gasteiger partial charge >= 0.3 is 5.91 Å². The van der Waals surface area contributed by atoms with Crippen LogP contribution in [-0.2, 0) is 0 Å². The van der Waals surface area contributed by atoms with Gasteiger partial charge in [-0.2, -0.15) is 4.73 Å². The van der Waals surface area contributed by atoms with Gasteiger partial charge in [-0.25, -0.2) is 9.37 Å². The monoisotopic (exact) mass is 536 g/mol. The van der Waals surface area contributed by atoms with Gasteiger partial charge in [0, 0.05) is 61.1 Å². The molecule has 0 radical (unpaired) electrons. The number of piperazine rings is 1. The number of nitrogens with one attached hydrogen (secondary N) is 2. The van der Waals surface area contributed by atoms with Crippen LogP contribution in [0.3, 0.4) is 0 Å². The van der Waals surface area contributed by atoms with Crippen molar-refractivity contribution < 1.29 is 18.7 Å². The lowest BCUT2D eigenvalue weighted by Gasteiger charge is -2.28. The number of carbonyl (C=O) groups excluding carboxylic acids is 1. The highest BCUT2D eigenvalue weighted by Crippen LogP contribution is 2.31. The average Bonchev–Trinajstić information content (AvgIpc) is 2.99. The van der Waals surface area contributed by atoms with Crippen LogP contribution in [0.25, 0.3) is 22.2 Å². The number of hydrogen-bond donors (Lipinski definition) is 2. The fourth-order valence-electron chi connectivity index (χ4n) is 4.59. The molecule has 1 saturated heterocycles. The second-order valence-electron chi connectivity index (χ2n) is 9.28. The maximum absolute atomic E-state index is 13.3. The minimum atomic E-state index is -0.569. The van der Waals surface area contributed by atoms with Gasteiger partial charge in [-0.15, -0.1) is 0 Å². The molecular weight excluding hydrogens is 511 g/mol. The van der Waals surface area contributed by atoms with Gasteiger partial charge in [0.05, 0.1) is 11.7 Å². The molecule has 10 heteroatoms. The molecule has 3 aromatic heterocycles. The molecule has 4 heterocycles. The molecule has 40 heavy (non-hydrogen) atoms. The highest BCUT2D eigenvalue weighted by molar-refractivity contribution is 6.02. The third kappa shape index (κ3) is 5.25. The van der Waals surface area contributed by atoms with Crippen LogP contribution in [-0.4, -0.2) is 42.1 Å². The number of carbonyl (C=O) groups is 1. The lowest BCUT2D eigenvalue weighted by molar-refractivity contribution is -0.595. The van der Waals surface area contributed by atoms with Gasteiger partial charge in [-0.1, -0.05) is 0 Å². The summed E-state index contributed by atoms with van der Waals surface area (Å²) in [4.78, 5) is 24.1. The van der Waals surface area contributed by atoms with Gasteiger partial charge in [0.15, 0.2) is 0 Å². The van der Waals surface area contributed by atoms with E-state index < -0.39 is 11.7 Å². The first-order valence-electron chi connectivity index (χ1n) is 12.8. The van der Waals surface area contributed by atoms with E-state index in [9.17, 15) is 14.4 Å². The molecule has 6 rings (SSSR count). The largest absolute Gasteiger partial charge is 0.618 e. The third-order valence-electron chi connectivity index (χ3n) is 6.67. The predicted octanol–water partition coefficient (Wildman–Crippen LogP) is 4.52. The lowest BCUT2D eigenvalue weighted by atomic mass is 10.1. The summed E-state index contributed by atoms with van der Waals surface area (Å²) in [5.74, 6) is 1.12. The highest BCUT2D eigenvalue weighted by atomic mass is 19.1. The molecule has 0 aliphatic carbocycles. The minimum absolute atomic E-state index is 0.0840. The minimum Gasteiger partial charge on any atom is -0.618 e. The van der Waals surface area contributed by atoms with Crippen molar-refractivity contribution in [3.8, 4) is 22.8 Å². The van der Waals surface area contributed by atoms with Crippen molar-refractivity contribution in [2.75, 3.05) is 36.4 Å². The lowest BCUT2D eigenvalue weighted by Crippen LogP contribution is -2.43. The van der Waals surface area contributed by atoms with E-state index in [2.05, 4.69) is 25.5 Å². The smallest absolute Gasteiger partial charge is 0.321 e. The van der Waals surface area contributed by atoms with Crippen molar-refractivity contribution >= 4 is 28.3 Å². The SMILES string of the molecule is O=C(Nc1ccc(Oc2ccnc3cnc(N4CCNCC4)cc23)cc1)c1cccc(-c2ccc(F)cc2)[n+]1[O-]. The molecule has 2 aromatic carbocycles. The first-order valence-corrected chi connectivity index (χ1v) is 12.8. The van der Waals surface area contributed by atoms with Gasteiger partial charge in [0.2, 0.25) is 5.69 Å².